The summed E-state index contributed by atoms with van der Waals surface area (Å²) in [4.78, 5) is 20.8. The number of aromatic nitrogens is 5. The van der Waals surface area contributed by atoms with Crippen molar-refractivity contribution in [1.29, 1.82) is 0 Å². The first-order valence-corrected chi connectivity index (χ1v) is 11.2. The minimum absolute atomic E-state index is 0.116. The molecule has 9 nitrogen and oxygen atoms in total. The van der Waals surface area contributed by atoms with Gasteiger partial charge in [-0.15, -0.1) is 10.2 Å². The molecular formula is C23H18N6O3S. The van der Waals surface area contributed by atoms with Gasteiger partial charge in [-0.05, 0) is 23.6 Å². The lowest BCUT2D eigenvalue weighted by Gasteiger charge is -2.08. The highest BCUT2D eigenvalue weighted by Crippen LogP contribution is 2.25. The van der Waals surface area contributed by atoms with Crippen LogP contribution in [0.15, 0.2) is 81.2 Å². The SMILES string of the molecule is O=C(CCc1nc(CSc2nnc(-c3cccnc3)o2)no1)Nc1cccc2ccccc12. The Kier molecular flexibility index (Phi) is 6.07. The summed E-state index contributed by atoms with van der Waals surface area (Å²) in [6, 6.07) is 17.4. The van der Waals surface area contributed by atoms with Crippen LogP contribution in [0.3, 0.4) is 0 Å². The van der Waals surface area contributed by atoms with Crippen molar-refractivity contribution in [3.8, 4) is 11.5 Å². The van der Waals surface area contributed by atoms with Crippen molar-refractivity contribution >= 4 is 34.1 Å². The molecule has 3 aromatic heterocycles. The zero-order valence-corrected chi connectivity index (χ0v) is 18.2. The normalized spacial score (nSPS) is 11.0. The van der Waals surface area contributed by atoms with Gasteiger partial charge in [0, 0.05) is 36.3 Å². The van der Waals surface area contributed by atoms with Crippen molar-refractivity contribution in [3.63, 3.8) is 0 Å². The zero-order valence-electron chi connectivity index (χ0n) is 17.3. The number of carbonyl (C=O) groups is 1. The Morgan fingerprint density at radius 1 is 1.03 bits per heavy atom. The molecule has 0 fully saturated rings. The highest BCUT2D eigenvalue weighted by atomic mass is 32.2. The molecule has 0 aliphatic rings. The summed E-state index contributed by atoms with van der Waals surface area (Å²) in [7, 11) is 0. The van der Waals surface area contributed by atoms with Crippen LogP contribution in [0.2, 0.25) is 0 Å². The van der Waals surface area contributed by atoms with Gasteiger partial charge in [0.25, 0.3) is 5.22 Å². The number of nitrogens with zero attached hydrogens (tertiary/aromatic N) is 5. The average molecular weight is 459 g/mol. The molecule has 0 unspecified atom stereocenters. The van der Waals surface area contributed by atoms with E-state index in [1.807, 2.05) is 48.5 Å². The number of aryl methyl sites for hydroxylation is 1. The fourth-order valence-corrected chi connectivity index (χ4v) is 3.82. The molecule has 3 heterocycles. The predicted octanol–water partition coefficient (Wildman–Crippen LogP) is 4.53. The van der Waals surface area contributed by atoms with Gasteiger partial charge in [-0.2, -0.15) is 4.98 Å². The van der Waals surface area contributed by atoms with Crippen LogP contribution < -0.4 is 5.32 Å². The minimum Gasteiger partial charge on any atom is -0.411 e. The summed E-state index contributed by atoms with van der Waals surface area (Å²) in [6.45, 7) is 0. The summed E-state index contributed by atoms with van der Waals surface area (Å²) < 4.78 is 10.9. The first kappa shape index (κ1) is 20.8. The third-order valence-electron chi connectivity index (χ3n) is 4.78. The smallest absolute Gasteiger partial charge is 0.277 e. The molecular weight excluding hydrogens is 440 g/mol. The van der Waals surface area contributed by atoms with Gasteiger partial charge in [0.2, 0.25) is 17.7 Å². The van der Waals surface area contributed by atoms with E-state index in [2.05, 4.69) is 30.6 Å². The van der Waals surface area contributed by atoms with E-state index in [9.17, 15) is 4.79 Å². The van der Waals surface area contributed by atoms with Crippen LogP contribution in [-0.2, 0) is 17.0 Å². The predicted molar refractivity (Wildman–Crippen MR) is 122 cm³/mol. The molecule has 1 N–H and O–H groups in total. The van der Waals surface area contributed by atoms with Gasteiger partial charge in [0.1, 0.15) is 0 Å². The Bertz CT molecular complexity index is 1380. The maximum atomic E-state index is 12.4. The lowest BCUT2D eigenvalue weighted by Crippen LogP contribution is -2.12. The summed E-state index contributed by atoms with van der Waals surface area (Å²) in [5.41, 5.74) is 1.53. The Balaban J connectivity index is 1.13. The molecule has 0 aliphatic heterocycles. The topological polar surface area (TPSA) is 120 Å². The van der Waals surface area contributed by atoms with E-state index < -0.39 is 0 Å². The number of thioether (sulfide) groups is 1. The van der Waals surface area contributed by atoms with Crippen LogP contribution in [0.1, 0.15) is 18.1 Å². The molecule has 0 radical (unpaired) electrons. The number of amides is 1. The second kappa shape index (κ2) is 9.61. The number of carbonyl (C=O) groups excluding carboxylic acids is 1. The third-order valence-corrected chi connectivity index (χ3v) is 5.59. The van der Waals surface area contributed by atoms with E-state index >= 15 is 0 Å². The summed E-state index contributed by atoms with van der Waals surface area (Å²) in [5, 5.41) is 17.4. The standard InChI is InChI=1S/C23H18N6O3S/c30-20(25-18-9-3-6-15-5-1-2-8-17(15)18)10-11-21-26-19(29-32-21)14-33-23-28-27-22(31-23)16-7-4-12-24-13-16/h1-9,12-13H,10-11,14H2,(H,25,30). The molecule has 0 aliphatic carbocycles. The van der Waals surface area contributed by atoms with Crippen molar-refractivity contribution in [3.05, 3.63) is 78.7 Å². The van der Waals surface area contributed by atoms with Crippen LogP contribution in [0.4, 0.5) is 5.69 Å². The highest BCUT2D eigenvalue weighted by molar-refractivity contribution is 7.98. The maximum absolute atomic E-state index is 12.4. The first-order valence-electron chi connectivity index (χ1n) is 10.2. The van der Waals surface area contributed by atoms with Crippen LogP contribution in [0.25, 0.3) is 22.2 Å². The first-order chi connectivity index (χ1) is 16.2. The molecule has 0 saturated carbocycles. The van der Waals surface area contributed by atoms with Gasteiger partial charge < -0.3 is 14.3 Å². The maximum Gasteiger partial charge on any atom is 0.277 e. The van der Waals surface area contributed by atoms with Crippen molar-refractivity contribution in [2.24, 2.45) is 0 Å². The van der Waals surface area contributed by atoms with Crippen LogP contribution >= 0.6 is 11.8 Å². The number of hydrogen-bond acceptors (Lipinski definition) is 9. The molecule has 5 rings (SSSR count). The summed E-state index contributed by atoms with van der Waals surface area (Å²) in [5.74, 6) is 1.58. The molecule has 0 atom stereocenters. The van der Waals surface area contributed by atoms with E-state index in [4.69, 9.17) is 8.94 Å². The fourth-order valence-electron chi connectivity index (χ4n) is 3.22. The van der Waals surface area contributed by atoms with E-state index in [0.29, 0.717) is 35.0 Å². The number of hydrogen-bond donors (Lipinski definition) is 1. The van der Waals surface area contributed by atoms with Gasteiger partial charge in [-0.1, -0.05) is 53.3 Å². The highest BCUT2D eigenvalue weighted by Gasteiger charge is 2.13. The van der Waals surface area contributed by atoms with Crippen molar-refractivity contribution < 1.29 is 13.7 Å². The summed E-state index contributed by atoms with van der Waals surface area (Å²) >= 11 is 1.30. The Morgan fingerprint density at radius 3 is 2.85 bits per heavy atom. The number of nitrogens with one attached hydrogen (secondary N) is 1. The molecule has 0 bridgehead atoms. The second-order valence-electron chi connectivity index (χ2n) is 7.08. The lowest BCUT2D eigenvalue weighted by molar-refractivity contribution is -0.116. The second-order valence-corrected chi connectivity index (χ2v) is 8.01. The Morgan fingerprint density at radius 2 is 1.94 bits per heavy atom. The van der Waals surface area contributed by atoms with Crippen molar-refractivity contribution in [2.75, 3.05) is 5.32 Å². The van der Waals surface area contributed by atoms with Gasteiger partial charge >= 0.3 is 0 Å². The van der Waals surface area contributed by atoms with E-state index in [1.165, 1.54) is 11.8 Å². The number of pyridine rings is 1. The number of rotatable bonds is 8. The lowest BCUT2D eigenvalue weighted by atomic mass is 10.1. The third kappa shape index (κ3) is 5.07. The quantitative estimate of drug-likeness (QED) is 0.334. The minimum atomic E-state index is -0.116. The van der Waals surface area contributed by atoms with Gasteiger partial charge in [0.15, 0.2) is 5.82 Å². The molecule has 33 heavy (non-hydrogen) atoms. The van der Waals surface area contributed by atoms with Crippen molar-refractivity contribution in [1.82, 2.24) is 25.3 Å². The van der Waals surface area contributed by atoms with E-state index in [0.717, 1.165) is 22.0 Å². The Labute approximate surface area is 192 Å². The molecule has 5 aromatic rings. The average Bonchev–Trinajstić information content (AvgIpc) is 3.52. The zero-order chi connectivity index (χ0) is 22.5. The molecule has 10 heteroatoms. The number of fused-ring (bicyclic) bond motifs is 1. The molecule has 0 saturated heterocycles. The van der Waals surface area contributed by atoms with Crippen LogP contribution in [-0.4, -0.2) is 31.2 Å². The number of benzene rings is 2. The van der Waals surface area contributed by atoms with E-state index in [1.54, 1.807) is 18.5 Å². The molecule has 0 spiro atoms. The Hall–Kier alpha value is -4.05. The molecule has 164 valence electrons. The summed E-state index contributed by atoms with van der Waals surface area (Å²) in [6.07, 6.45) is 3.91. The van der Waals surface area contributed by atoms with Crippen molar-refractivity contribution in [2.45, 2.75) is 23.8 Å². The largest absolute Gasteiger partial charge is 0.411 e. The number of anilines is 1. The fraction of sp³-hybridized carbons (Fsp3) is 0.130. The van der Waals surface area contributed by atoms with Crippen LogP contribution in [0, 0.1) is 0 Å². The molecule has 1 amide bonds. The van der Waals surface area contributed by atoms with Gasteiger partial charge in [0.05, 0.1) is 11.3 Å². The monoisotopic (exact) mass is 458 g/mol. The van der Waals surface area contributed by atoms with Gasteiger partial charge in [-0.3, -0.25) is 9.78 Å². The molecule has 2 aromatic carbocycles. The van der Waals surface area contributed by atoms with Gasteiger partial charge in [-0.25, -0.2) is 0 Å². The van der Waals surface area contributed by atoms with Crippen LogP contribution in [0.5, 0.6) is 0 Å². The van der Waals surface area contributed by atoms with E-state index in [-0.39, 0.29) is 12.3 Å².